The predicted octanol–water partition coefficient (Wildman–Crippen LogP) is 3.70. The van der Waals surface area contributed by atoms with Crippen molar-refractivity contribution in [2.75, 3.05) is 5.75 Å². The third-order valence-corrected chi connectivity index (χ3v) is 4.35. The Balaban J connectivity index is 2.14. The molecule has 0 fully saturated rings. The molecule has 0 bridgehead atoms. The Morgan fingerprint density at radius 2 is 2.06 bits per heavy atom. The predicted molar refractivity (Wildman–Crippen MR) is 75.2 cm³/mol. The van der Waals surface area contributed by atoms with Gasteiger partial charge in [0.25, 0.3) is 0 Å². The molecule has 0 saturated heterocycles. The molecule has 0 radical (unpaired) electrons. The smallest absolute Gasteiger partial charge is 0.0956 e. The maximum Gasteiger partial charge on any atom is 0.0956 e. The summed E-state index contributed by atoms with van der Waals surface area (Å²) in [6.07, 6.45) is 2.00. The molecule has 18 heavy (non-hydrogen) atoms. The summed E-state index contributed by atoms with van der Waals surface area (Å²) >= 11 is 1.74. The Morgan fingerprint density at radius 1 is 1.28 bits per heavy atom. The fourth-order valence-corrected chi connectivity index (χ4v) is 3.24. The van der Waals surface area contributed by atoms with Crippen LogP contribution in [0.4, 0.5) is 0 Å². The zero-order valence-electron chi connectivity index (χ0n) is 10.1. The average molecular weight is 252 g/mol. The van der Waals surface area contributed by atoms with E-state index in [9.17, 15) is 0 Å². The van der Waals surface area contributed by atoms with Gasteiger partial charge in [0.05, 0.1) is 11.1 Å². The Morgan fingerprint density at radius 3 is 2.78 bits per heavy atom. The average Bonchev–Trinajstić information content (AvgIpc) is 2.76. The van der Waals surface area contributed by atoms with Gasteiger partial charge in [-0.3, -0.25) is 0 Å². The van der Waals surface area contributed by atoms with Crippen LogP contribution in [0.1, 0.15) is 5.56 Å². The van der Waals surface area contributed by atoms with E-state index in [1.807, 2.05) is 24.3 Å². The van der Waals surface area contributed by atoms with Crippen molar-refractivity contribution in [1.82, 2.24) is 4.57 Å². The minimum atomic E-state index is 0.773. The van der Waals surface area contributed by atoms with Crippen molar-refractivity contribution in [3.63, 3.8) is 0 Å². The van der Waals surface area contributed by atoms with Crippen LogP contribution in [-0.4, -0.2) is 10.3 Å². The monoisotopic (exact) mass is 252 g/mol. The van der Waals surface area contributed by atoms with Crippen molar-refractivity contribution in [2.24, 2.45) is 7.05 Å². The second kappa shape index (κ2) is 4.40. The standard InChI is InChI=1S/C15H12N2S/c1-17-14(12-5-3-2-4-6-12)8-13-7-11(9-16)10-18-15(13)17/h2-8H,10H2,1H3. The van der Waals surface area contributed by atoms with Crippen LogP contribution in [0.5, 0.6) is 0 Å². The van der Waals surface area contributed by atoms with E-state index in [0.29, 0.717) is 0 Å². The Hall–Kier alpha value is -1.92. The van der Waals surface area contributed by atoms with Gasteiger partial charge in [0.15, 0.2) is 0 Å². The van der Waals surface area contributed by atoms with Gasteiger partial charge in [-0.15, -0.1) is 11.8 Å². The summed E-state index contributed by atoms with van der Waals surface area (Å²) in [5.41, 5.74) is 4.41. The highest BCUT2D eigenvalue weighted by atomic mass is 32.2. The molecule has 2 aromatic rings. The molecule has 0 N–H and O–H groups in total. The molecule has 0 unspecified atom stereocenters. The van der Waals surface area contributed by atoms with Crippen LogP contribution >= 0.6 is 11.8 Å². The highest BCUT2D eigenvalue weighted by Gasteiger charge is 2.17. The van der Waals surface area contributed by atoms with Gasteiger partial charge in [-0.2, -0.15) is 5.26 Å². The molecule has 0 atom stereocenters. The lowest BCUT2D eigenvalue weighted by Crippen LogP contribution is -1.98. The van der Waals surface area contributed by atoms with Crippen LogP contribution < -0.4 is 0 Å². The number of hydrogen-bond donors (Lipinski definition) is 0. The quantitative estimate of drug-likeness (QED) is 0.774. The molecular weight excluding hydrogens is 240 g/mol. The number of aromatic nitrogens is 1. The Kier molecular flexibility index (Phi) is 2.73. The largest absolute Gasteiger partial charge is 0.338 e. The van der Waals surface area contributed by atoms with E-state index >= 15 is 0 Å². The summed E-state index contributed by atoms with van der Waals surface area (Å²) in [6, 6.07) is 14.7. The van der Waals surface area contributed by atoms with Gasteiger partial charge in [0, 0.05) is 29.6 Å². The first-order valence-electron chi connectivity index (χ1n) is 5.78. The third kappa shape index (κ3) is 1.75. The first kappa shape index (κ1) is 11.2. The van der Waals surface area contributed by atoms with Gasteiger partial charge >= 0.3 is 0 Å². The van der Waals surface area contributed by atoms with Crippen molar-refractivity contribution in [3.05, 3.63) is 47.5 Å². The molecule has 88 valence electrons. The number of benzene rings is 1. The topological polar surface area (TPSA) is 28.7 Å². The number of thioether (sulfide) groups is 1. The third-order valence-electron chi connectivity index (χ3n) is 3.11. The number of fused-ring (bicyclic) bond motifs is 1. The molecule has 3 heteroatoms. The molecule has 0 amide bonds. The Bertz CT molecular complexity index is 660. The van der Waals surface area contributed by atoms with Crippen LogP contribution in [0.2, 0.25) is 0 Å². The summed E-state index contributed by atoms with van der Waals surface area (Å²) < 4.78 is 2.21. The molecule has 1 aliphatic rings. The van der Waals surface area contributed by atoms with E-state index in [1.165, 1.54) is 16.3 Å². The van der Waals surface area contributed by atoms with E-state index in [2.05, 4.69) is 35.9 Å². The van der Waals surface area contributed by atoms with Crippen molar-refractivity contribution < 1.29 is 0 Å². The van der Waals surface area contributed by atoms with Gasteiger partial charge in [0.1, 0.15) is 0 Å². The fourth-order valence-electron chi connectivity index (χ4n) is 2.22. The van der Waals surface area contributed by atoms with Crippen LogP contribution in [0.15, 0.2) is 47.0 Å². The molecule has 0 spiro atoms. The number of rotatable bonds is 1. The van der Waals surface area contributed by atoms with Crippen LogP contribution in [0.3, 0.4) is 0 Å². The van der Waals surface area contributed by atoms with Crippen LogP contribution in [-0.2, 0) is 7.05 Å². The number of hydrogen-bond acceptors (Lipinski definition) is 2. The lowest BCUT2D eigenvalue weighted by atomic mass is 10.1. The van der Waals surface area contributed by atoms with E-state index < -0.39 is 0 Å². The molecule has 1 aliphatic heterocycles. The number of nitriles is 1. The van der Waals surface area contributed by atoms with E-state index in [-0.39, 0.29) is 0 Å². The summed E-state index contributed by atoms with van der Waals surface area (Å²) in [5.74, 6) is 0.773. The van der Waals surface area contributed by atoms with Gasteiger partial charge in [-0.05, 0) is 17.7 Å². The zero-order valence-corrected chi connectivity index (χ0v) is 10.9. The first-order chi connectivity index (χ1) is 8.79. The molecule has 0 saturated carbocycles. The van der Waals surface area contributed by atoms with Crippen molar-refractivity contribution in [3.8, 4) is 17.3 Å². The summed E-state index contributed by atoms with van der Waals surface area (Å²) in [4.78, 5) is 0. The highest BCUT2D eigenvalue weighted by Crippen LogP contribution is 2.36. The lowest BCUT2D eigenvalue weighted by Gasteiger charge is -2.11. The fraction of sp³-hybridized carbons (Fsp3) is 0.133. The maximum absolute atomic E-state index is 8.97. The summed E-state index contributed by atoms with van der Waals surface area (Å²) in [6.45, 7) is 0. The zero-order chi connectivity index (χ0) is 12.5. The lowest BCUT2D eigenvalue weighted by molar-refractivity contribution is 0.834. The molecule has 1 aromatic carbocycles. The normalized spacial score (nSPS) is 13.7. The SMILES string of the molecule is Cn1c(-c2ccccc2)cc2c1SCC(C#N)=C2. The second-order valence-corrected chi connectivity index (χ2v) is 5.25. The van der Waals surface area contributed by atoms with Gasteiger partial charge in [0.2, 0.25) is 0 Å². The summed E-state index contributed by atoms with van der Waals surface area (Å²) in [7, 11) is 2.08. The molecule has 0 aliphatic carbocycles. The van der Waals surface area contributed by atoms with Gasteiger partial charge in [-0.25, -0.2) is 0 Å². The molecule has 2 heterocycles. The first-order valence-corrected chi connectivity index (χ1v) is 6.77. The van der Waals surface area contributed by atoms with Gasteiger partial charge < -0.3 is 4.57 Å². The maximum atomic E-state index is 8.97. The minimum Gasteiger partial charge on any atom is -0.338 e. The van der Waals surface area contributed by atoms with E-state index in [1.54, 1.807) is 11.8 Å². The second-order valence-electron chi connectivity index (χ2n) is 4.29. The molecule has 2 nitrogen and oxygen atoms in total. The van der Waals surface area contributed by atoms with E-state index in [4.69, 9.17) is 5.26 Å². The summed E-state index contributed by atoms with van der Waals surface area (Å²) in [5, 5.41) is 10.2. The van der Waals surface area contributed by atoms with Gasteiger partial charge in [-0.1, -0.05) is 30.3 Å². The minimum absolute atomic E-state index is 0.773. The highest BCUT2D eigenvalue weighted by molar-refractivity contribution is 7.99. The Labute approximate surface area is 111 Å². The molecular formula is C15H12N2S. The number of nitrogens with zero attached hydrogens (tertiary/aromatic N) is 2. The van der Waals surface area contributed by atoms with E-state index in [0.717, 1.165) is 16.9 Å². The van der Waals surface area contributed by atoms with Crippen LogP contribution in [0.25, 0.3) is 17.3 Å². The van der Waals surface area contributed by atoms with Crippen molar-refractivity contribution in [1.29, 1.82) is 5.26 Å². The van der Waals surface area contributed by atoms with Crippen molar-refractivity contribution >= 4 is 17.8 Å². The van der Waals surface area contributed by atoms with Crippen LogP contribution in [0, 0.1) is 11.3 Å². The molecule has 1 aromatic heterocycles. The molecule has 3 rings (SSSR count). The van der Waals surface area contributed by atoms with Crippen molar-refractivity contribution in [2.45, 2.75) is 5.03 Å².